The first-order chi connectivity index (χ1) is 12.0. The molecule has 25 heavy (non-hydrogen) atoms. The molecule has 2 heterocycles. The number of carbonyl (C=O) groups excluding carboxylic acids is 1. The monoisotopic (exact) mass is 344 g/mol. The van der Waals surface area contributed by atoms with Gasteiger partial charge in [0.25, 0.3) is 0 Å². The minimum atomic E-state index is -1.28. The maximum atomic E-state index is 11.9. The zero-order valence-corrected chi connectivity index (χ0v) is 14.0. The van der Waals surface area contributed by atoms with Gasteiger partial charge in [-0.1, -0.05) is 12.1 Å². The van der Waals surface area contributed by atoms with E-state index >= 15 is 0 Å². The lowest BCUT2D eigenvalue weighted by Gasteiger charge is -2.21. The molecular formula is C18H20N2O5. The van der Waals surface area contributed by atoms with Crippen LogP contribution in [0.5, 0.6) is 5.75 Å². The summed E-state index contributed by atoms with van der Waals surface area (Å²) in [7, 11) is 1.58. The highest BCUT2D eigenvalue weighted by Crippen LogP contribution is 2.28. The first kappa shape index (κ1) is 16.9. The van der Waals surface area contributed by atoms with E-state index in [0.717, 1.165) is 5.39 Å². The third kappa shape index (κ3) is 3.77. The highest BCUT2D eigenvalue weighted by Gasteiger charge is 2.26. The number of carbonyl (C=O) groups is 1. The second-order valence-corrected chi connectivity index (χ2v) is 5.88. The van der Waals surface area contributed by atoms with Crippen LogP contribution in [-0.4, -0.2) is 24.8 Å². The van der Waals surface area contributed by atoms with Crippen molar-refractivity contribution < 1.29 is 23.5 Å². The molecule has 0 fully saturated rings. The van der Waals surface area contributed by atoms with Gasteiger partial charge in [-0.3, -0.25) is 0 Å². The van der Waals surface area contributed by atoms with Crippen molar-refractivity contribution in [1.82, 2.24) is 10.6 Å². The highest BCUT2D eigenvalue weighted by molar-refractivity contribution is 5.83. The van der Waals surface area contributed by atoms with Crippen LogP contribution in [0.3, 0.4) is 0 Å². The molecular weight excluding hydrogens is 324 g/mol. The fourth-order valence-corrected chi connectivity index (χ4v) is 2.49. The van der Waals surface area contributed by atoms with Crippen molar-refractivity contribution in [3.63, 3.8) is 0 Å². The van der Waals surface area contributed by atoms with Crippen LogP contribution in [-0.2, 0) is 12.1 Å². The van der Waals surface area contributed by atoms with Crippen molar-refractivity contribution in [1.29, 1.82) is 0 Å². The van der Waals surface area contributed by atoms with E-state index in [9.17, 15) is 9.90 Å². The topological polar surface area (TPSA) is 96.9 Å². The maximum absolute atomic E-state index is 11.9. The number of amides is 2. The summed E-state index contributed by atoms with van der Waals surface area (Å²) in [5, 5.41) is 16.5. The first-order valence-electron chi connectivity index (χ1n) is 7.83. The van der Waals surface area contributed by atoms with Gasteiger partial charge in [0.2, 0.25) is 0 Å². The molecule has 1 aromatic carbocycles. The van der Waals surface area contributed by atoms with Gasteiger partial charge in [-0.15, -0.1) is 0 Å². The SMILES string of the molecule is COc1cccc2cc(CNC(=O)NC[C@@](C)(O)c3ccco3)oc12. The number of benzene rings is 1. The van der Waals surface area contributed by atoms with Crippen LogP contribution >= 0.6 is 0 Å². The highest BCUT2D eigenvalue weighted by atomic mass is 16.5. The van der Waals surface area contributed by atoms with Crippen LogP contribution in [0.1, 0.15) is 18.4 Å². The molecule has 0 saturated heterocycles. The number of methoxy groups -OCH3 is 1. The van der Waals surface area contributed by atoms with Gasteiger partial charge in [0.05, 0.1) is 26.5 Å². The molecule has 1 atom stereocenters. The molecule has 2 amide bonds. The van der Waals surface area contributed by atoms with Crippen LogP contribution in [0.4, 0.5) is 4.79 Å². The predicted octanol–water partition coefficient (Wildman–Crippen LogP) is 2.74. The average Bonchev–Trinajstić information content (AvgIpc) is 3.27. The van der Waals surface area contributed by atoms with Gasteiger partial charge in [0.15, 0.2) is 11.3 Å². The summed E-state index contributed by atoms with van der Waals surface area (Å²) in [6.07, 6.45) is 1.47. The van der Waals surface area contributed by atoms with E-state index in [1.165, 1.54) is 6.26 Å². The Balaban J connectivity index is 1.56. The zero-order valence-electron chi connectivity index (χ0n) is 14.0. The number of hydrogen-bond acceptors (Lipinski definition) is 5. The summed E-state index contributed by atoms with van der Waals surface area (Å²) in [6.45, 7) is 1.80. The number of furan rings is 2. The Morgan fingerprint density at radius 1 is 1.28 bits per heavy atom. The molecule has 3 rings (SSSR count). The average molecular weight is 344 g/mol. The van der Waals surface area contributed by atoms with Crippen LogP contribution in [0.25, 0.3) is 11.0 Å². The number of para-hydroxylation sites is 1. The Labute approximate surface area is 144 Å². The summed E-state index contributed by atoms with van der Waals surface area (Å²) in [5.74, 6) is 1.63. The number of fused-ring (bicyclic) bond motifs is 1. The molecule has 2 aromatic heterocycles. The molecule has 0 aliphatic rings. The van der Waals surface area contributed by atoms with Crippen molar-refractivity contribution in [2.45, 2.75) is 19.1 Å². The first-order valence-corrected chi connectivity index (χ1v) is 7.83. The fraction of sp³-hybridized carbons (Fsp3) is 0.278. The van der Waals surface area contributed by atoms with Gasteiger partial charge < -0.3 is 29.3 Å². The van der Waals surface area contributed by atoms with Crippen molar-refractivity contribution in [2.24, 2.45) is 0 Å². The van der Waals surface area contributed by atoms with Gasteiger partial charge in [-0.2, -0.15) is 0 Å². The van der Waals surface area contributed by atoms with Crippen LogP contribution < -0.4 is 15.4 Å². The van der Waals surface area contributed by atoms with Crippen molar-refractivity contribution >= 4 is 17.0 Å². The van der Waals surface area contributed by atoms with E-state index in [2.05, 4.69) is 10.6 Å². The Kier molecular flexibility index (Phi) is 4.67. The standard InChI is InChI=1S/C18H20N2O5/c1-18(22,15-7-4-8-24-15)11-20-17(21)19-10-13-9-12-5-3-6-14(23-2)16(12)25-13/h3-9,22H,10-11H2,1-2H3,(H2,19,20,21)/t18-/m1/s1. The minimum absolute atomic E-state index is 0.0142. The van der Waals surface area contributed by atoms with Gasteiger partial charge in [0, 0.05) is 5.39 Å². The molecule has 3 aromatic rings. The number of aliphatic hydroxyl groups is 1. The minimum Gasteiger partial charge on any atom is -0.493 e. The van der Waals surface area contributed by atoms with Crippen molar-refractivity contribution in [2.75, 3.05) is 13.7 Å². The summed E-state index contributed by atoms with van der Waals surface area (Å²) >= 11 is 0. The van der Waals surface area contributed by atoms with Crippen LogP contribution in [0, 0.1) is 0 Å². The molecule has 0 aliphatic heterocycles. The van der Waals surface area contributed by atoms with Gasteiger partial charge in [-0.25, -0.2) is 4.79 Å². The molecule has 3 N–H and O–H groups in total. The van der Waals surface area contributed by atoms with Gasteiger partial charge in [0.1, 0.15) is 17.1 Å². The number of ether oxygens (including phenoxy) is 1. The molecule has 132 valence electrons. The molecule has 0 unspecified atom stereocenters. The Hall–Kier alpha value is -2.93. The third-order valence-electron chi connectivity index (χ3n) is 3.85. The largest absolute Gasteiger partial charge is 0.493 e. The Morgan fingerprint density at radius 3 is 2.84 bits per heavy atom. The van der Waals surface area contributed by atoms with Crippen molar-refractivity contribution in [3.8, 4) is 5.75 Å². The predicted molar refractivity (Wildman–Crippen MR) is 91.3 cm³/mol. The molecule has 7 nitrogen and oxygen atoms in total. The molecule has 0 saturated carbocycles. The van der Waals surface area contributed by atoms with E-state index in [1.807, 2.05) is 24.3 Å². The summed E-state index contributed by atoms with van der Waals surface area (Å²) in [6, 6.07) is 10.4. The van der Waals surface area contributed by atoms with E-state index in [1.54, 1.807) is 26.2 Å². The van der Waals surface area contributed by atoms with E-state index < -0.39 is 11.6 Å². The van der Waals surface area contributed by atoms with Gasteiger partial charge >= 0.3 is 6.03 Å². The van der Waals surface area contributed by atoms with Crippen LogP contribution in [0.2, 0.25) is 0 Å². The van der Waals surface area contributed by atoms with E-state index in [-0.39, 0.29) is 13.1 Å². The molecule has 0 aliphatic carbocycles. The number of urea groups is 1. The quantitative estimate of drug-likeness (QED) is 0.639. The molecule has 7 heteroatoms. The third-order valence-corrected chi connectivity index (χ3v) is 3.85. The number of hydrogen-bond donors (Lipinski definition) is 3. The zero-order chi connectivity index (χ0) is 17.9. The maximum Gasteiger partial charge on any atom is 0.315 e. The lowest BCUT2D eigenvalue weighted by Crippen LogP contribution is -2.43. The second-order valence-electron chi connectivity index (χ2n) is 5.88. The summed E-state index contributed by atoms with van der Waals surface area (Å²) < 4.78 is 16.1. The second kappa shape index (κ2) is 6.90. The lowest BCUT2D eigenvalue weighted by molar-refractivity contribution is 0.0367. The molecule has 0 radical (unpaired) electrons. The van der Waals surface area contributed by atoms with E-state index in [0.29, 0.717) is 22.9 Å². The summed E-state index contributed by atoms with van der Waals surface area (Å²) in [4.78, 5) is 11.9. The molecule has 0 bridgehead atoms. The number of nitrogens with one attached hydrogen (secondary N) is 2. The Morgan fingerprint density at radius 2 is 2.12 bits per heavy atom. The lowest BCUT2D eigenvalue weighted by atomic mass is 10.0. The Bertz CT molecular complexity index is 852. The van der Waals surface area contributed by atoms with Gasteiger partial charge in [-0.05, 0) is 31.2 Å². The fourth-order valence-electron chi connectivity index (χ4n) is 2.49. The number of rotatable bonds is 6. The smallest absolute Gasteiger partial charge is 0.315 e. The summed E-state index contributed by atoms with van der Waals surface area (Å²) in [5.41, 5.74) is -0.643. The van der Waals surface area contributed by atoms with Crippen molar-refractivity contribution in [3.05, 3.63) is 54.2 Å². The molecule has 0 spiro atoms. The van der Waals surface area contributed by atoms with Crippen LogP contribution in [0.15, 0.2) is 51.5 Å². The normalized spacial score (nSPS) is 13.4. The van der Waals surface area contributed by atoms with E-state index in [4.69, 9.17) is 13.6 Å².